The van der Waals surface area contributed by atoms with Crippen molar-refractivity contribution in [1.82, 2.24) is 4.57 Å². The van der Waals surface area contributed by atoms with E-state index in [1.807, 2.05) is 18.2 Å². The van der Waals surface area contributed by atoms with Gasteiger partial charge in [0, 0.05) is 23.2 Å². The molecule has 3 aromatic carbocycles. The Balaban J connectivity index is 2.25. The molecule has 0 bridgehead atoms. The highest BCUT2D eigenvalue weighted by Gasteiger charge is 2.18. The van der Waals surface area contributed by atoms with Crippen LogP contribution < -0.4 is 5.43 Å². The first-order chi connectivity index (χ1) is 12.1. The third kappa shape index (κ3) is 1.75. The fourth-order valence-corrected chi connectivity index (χ4v) is 3.67. The summed E-state index contributed by atoms with van der Waals surface area (Å²) in [5.41, 5.74) is 1.27. The van der Waals surface area contributed by atoms with Crippen molar-refractivity contribution in [2.45, 2.75) is 0 Å². The molecule has 0 N–H and O–H groups in total. The van der Waals surface area contributed by atoms with Crippen molar-refractivity contribution < 1.29 is 13.2 Å². The summed E-state index contributed by atoms with van der Waals surface area (Å²) in [6, 6.07) is 12.6. The fraction of sp³-hybridized carbons (Fsp3) is 0.0500. The molecule has 122 valence electrons. The molecule has 5 heteroatoms. The molecule has 2 heterocycles. The van der Waals surface area contributed by atoms with Gasteiger partial charge in [-0.05, 0) is 41.8 Å². The van der Waals surface area contributed by atoms with Gasteiger partial charge in [-0.3, -0.25) is 4.79 Å². The Hall–Kier alpha value is -3.21. The van der Waals surface area contributed by atoms with Gasteiger partial charge in [0.15, 0.2) is 5.82 Å². The van der Waals surface area contributed by atoms with Crippen molar-refractivity contribution in [2.75, 3.05) is 0 Å². The van der Waals surface area contributed by atoms with Crippen LogP contribution in [0.2, 0.25) is 0 Å². The number of benzene rings is 3. The molecule has 25 heavy (non-hydrogen) atoms. The number of fused-ring (bicyclic) bond motifs is 4. The maximum Gasteiger partial charge on any atom is 0.216 e. The van der Waals surface area contributed by atoms with Crippen LogP contribution in [0.5, 0.6) is 0 Å². The normalized spacial score (nSPS) is 12.0. The molecule has 5 rings (SSSR count). The number of hydrogen-bond acceptors (Lipinski definition) is 2. The summed E-state index contributed by atoms with van der Waals surface area (Å²) in [4.78, 5) is 11.8. The number of nitrogens with zero attached hydrogens (tertiary/aromatic N) is 1. The summed E-state index contributed by atoms with van der Waals surface area (Å²) in [5.74, 6) is -1.22. The lowest BCUT2D eigenvalue weighted by Gasteiger charge is -2.17. The van der Waals surface area contributed by atoms with Crippen LogP contribution in [-0.4, -0.2) is 4.57 Å². The molecule has 3 nitrogen and oxygen atoms in total. The lowest BCUT2D eigenvalue weighted by Crippen LogP contribution is -2.09. The van der Waals surface area contributed by atoms with Gasteiger partial charge in [0.05, 0.1) is 11.0 Å². The van der Waals surface area contributed by atoms with Gasteiger partial charge in [0.2, 0.25) is 5.43 Å². The number of rotatable bonds is 0. The van der Waals surface area contributed by atoms with Gasteiger partial charge in [0.25, 0.3) is 0 Å². The van der Waals surface area contributed by atoms with Crippen LogP contribution in [0.15, 0.2) is 57.7 Å². The van der Waals surface area contributed by atoms with Crippen molar-refractivity contribution in [3.8, 4) is 0 Å². The van der Waals surface area contributed by atoms with Crippen LogP contribution in [0.3, 0.4) is 0 Å². The predicted octanol–water partition coefficient (Wildman–Crippen LogP) is 4.87. The zero-order chi connectivity index (χ0) is 17.3. The van der Waals surface area contributed by atoms with Gasteiger partial charge in [-0.25, -0.2) is 8.78 Å². The molecule has 0 atom stereocenters. The smallest absolute Gasteiger partial charge is 0.216 e. The molecule has 2 aromatic heterocycles. The lowest BCUT2D eigenvalue weighted by atomic mass is 10.0. The minimum atomic E-state index is -0.812. The van der Waals surface area contributed by atoms with Gasteiger partial charge in [-0.15, -0.1) is 0 Å². The van der Waals surface area contributed by atoms with Gasteiger partial charge >= 0.3 is 0 Å². The third-order valence-corrected chi connectivity index (χ3v) is 4.72. The molecular formula is C20H11F2NO2. The first-order valence-corrected chi connectivity index (χ1v) is 7.78. The Morgan fingerprint density at radius 3 is 2.56 bits per heavy atom. The van der Waals surface area contributed by atoms with E-state index in [4.69, 9.17) is 4.42 Å². The van der Waals surface area contributed by atoms with E-state index in [0.717, 1.165) is 10.8 Å². The summed E-state index contributed by atoms with van der Waals surface area (Å²) in [6.45, 7) is 0. The van der Waals surface area contributed by atoms with Gasteiger partial charge in [-0.2, -0.15) is 0 Å². The summed E-state index contributed by atoms with van der Waals surface area (Å²) < 4.78 is 36.0. The predicted molar refractivity (Wildman–Crippen MR) is 93.9 cm³/mol. The van der Waals surface area contributed by atoms with Crippen molar-refractivity contribution in [2.24, 2.45) is 7.05 Å². The number of aryl methyl sites for hydroxylation is 1. The SMILES string of the molecule is Cn1c2c(F)c(=O)ccc2c2cccc3oc4ccc(F)cc4c1c32. The summed E-state index contributed by atoms with van der Waals surface area (Å²) in [5, 5.41) is 2.68. The van der Waals surface area contributed by atoms with Crippen LogP contribution in [0, 0.1) is 11.6 Å². The van der Waals surface area contributed by atoms with Crippen molar-refractivity contribution in [1.29, 1.82) is 0 Å². The van der Waals surface area contributed by atoms with Crippen molar-refractivity contribution in [3.05, 3.63) is 70.4 Å². The van der Waals surface area contributed by atoms with E-state index in [0.29, 0.717) is 27.5 Å². The fourth-order valence-electron chi connectivity index (χ4n) is 3.67. The van der Waals surface area contributed by atoms with E-state index in [9.17, 15) is 13.6 Å². The average molecular weight is 335 g/mol. The Labute approximate surface area is 139 Å². The average Bonchev–Trinajstić information content (AvgIpc) is 2.60. The molecule has 0 aliphatic carbocycles. The van der Waals surface area contributed by atoms with Crippen LogP contribution >= 0.6 is 0 Å². The highest BCUT2D eigenvalue weighted by Crippen LogP contribution is 2.37. The number of pyridine rings is 1. The Morgan fingerprint density at radius 2 is 1.72 bits per heavy atom. The molecular weight excluding hydrogens is 324 g/mol. The third-order valence-electron chi connectivity index (χ3n) is 4.72. The number of hydrogen-bond donors (Lipinski definition) is 0. The number of aromatic nitrogens is 1. The molecule has 0 radical (unpaired) electrons. The van der Waals surface area contributed by atoms with Gasteiger partial charge in [-0.1, -0.05) is 12.1 Å². The largest absolute Gasteiger partial charge is 0.456 e. The molecule has 0 saturated carbocycles. The molecule has 0 spiro atoms. The van der Waals surface area contributed by atoms with Crippen LogP contribution in [0.4, 0.5) is 8.78 Å². The second kappa shape index (κ2) is 4.66. The maximum absolute atomic E-state index is 14.6. The molecule has 0 unspecified atom stereocenters. The number of halogens is 2. The zero-order valence-electron chi connectivity index (χ0n) is 13.1. The van der Waals surface area contributed by atoms with Crippen LogP contribution in [0.25, 0.3) is 43.7 Å². The van der Waals surface area contributed by atoms with E-state index in [1.165, 1.54) is 18.2 Å². The van der Waals surface area contributed by atoms with Crippen LogP contribution in [0.1, 0.15) is 0 Å². The monoisotopic (exact) mass is 335 g/mol. The second-order valence-electron chi connectivity index (χ2n) is 6.10. The van der Waals surface area contributed by atoms with E-state index in [2.05, 4.69) is 0 Å². The first kappa shape index (κ1) is 14.2. The minimum absolute atomic E-state index is 0.198. The second-order valence-corrected chi connectivity index (χ2v) is 6.10. The quantitative estimate of drug-likeness (QED) is 0.299. The van der Waals surface area contributed by atoms with Gasteiger partial charge in [0.1, 0.15) is 17.0 Å². The summed E-state index contributed by atoms with van der Waals surface area (Å²) >= 11 is 0. The topological polar surface area (TPSA) is 35.1 Å². The molecule has 0 aliphatic heterocycles. The van der Waals surface area contributed by atoms with Gasteiger partial charge < -0.3 is 8.98 Å². The standard InChI is InChI=1S/C20H11F2NO2/c1-23-19-13-9-10(21)5-8-15(13)25-16-4-2-3-11(17(16)19)12-6-7-14(24)18(22)20(12)23/h2-9H,1H3. The molecule has 5 aromatic rings. The van der Waals surface area contributed by atoms with Crippen molar-refractivity contribution in [3.63, 3.8) is 0 Å². The summed E-state index contributed by atoms with van der Waals surface area (Å²) in [7, 11) is 1.68. The van der Waals surface area contributed by atoms with E-state index in [1.54, 1.807) is 23.7 Å². The summed E-state index contributed by atoms with van der Waals surface area (Å²) in [6.07, 6.45) is 0. The maximum atomic E-state index is 14.6. The van der Waals surface area contributed by atoms with E-state index < -0.39 is 17.1 Å². The molecule has 0 amide bonds. The Kier molecular flexibility index (Phi) is 2.64. The van der Waals surface area contributed by atoms with E-state index >= 15 is 0 Å². The van der Waals surface area contributed by atoms with Crippen LogP contribution in [-0.2, 0) is 7.05 Å². The lowest BCUT2D eigenvalue weighted by molar-refractivity contribution is 0.621. The Morgan fingerprint density at radius 1 is 0.880 bits per heavy atom. The zero-order valence-corrected chi connectivity index (χ0v) is 13.1. The first-order valence-electron chi connectivity index (χ1n) is 7.78. The highest BCUT2D eigenvalue weighted by molar-refractivity contribution is 6.23. The Bertz CT molecular complexity index is 1400. The minimum Gasteiger partial charge on any atom is -0.456 e. The molecule has 0 fully saturated rings. The molecule has 0 aliphatic rings. The van der Waals surface area contributed by atoms with E-state index in [-0.39, 0.29) is 5.52 Å². The molecule has 0 saturated heterocycles. The van der Waals surface area contributed by atoms with Crippen molar-refractivity contribution >= 4 is 43.7 Å². The highest BCUT2D eigenvalue weighted by atomic mass is 19.1.